The molecule has 0 bridgehead atoms. The Morgan fingerprint density at radius 3 is 2.33 bits per heavy atom. The van der Waals surface area contributed by atoms with Gasteiger partial charge in [-0.3, -0.25) is 4.79 Å². The SMILES string of the molecule is O=C(NONc1ccc(I)cc1)c1ccccc1. The number of hydrogen-bond acceptors (Lipinski definition) is 3. The topological polar surface area (TPSA) is 50.4 Å². The first-order valence-electron chi connectivity index (χ1n) is 5.28. The monoisotopic (exact) mass is 354 g/mol. The molecule has 0 atom stereocenters. The van der Waals surface area contributed by atoms with E-state index in [1.54, 1.807) is 24.3 Å². The molecular formula is C13H11IN2O2. The molecule has 0 fully saturated rings. The molecule has 4 nitrogen and oxygen atoms in total. The van der Waals surface area contributed by atoms with E-state index in [0.29, 0.717) is 5.56 Å². The zero-order chi connectivity index (χ0) is 12.8. The van der Waals surface area contributed by atoms with Gasteiger partial charge in [0.15, 0.2) is 0 Å². The predicted octanol–water partition coefficient (Wildman–Crippen LogP) is 2.98. The highest BCUT2D eigenvalue weighted by atomic mass is 127. The maximum atomic E-state index is 11.6. The fourth-order valence-corrected chi connectivity index (χ4v) is 1.66. The summed E-state index contributed by atoms with van der Waals surface area (Å²) in [6.45, 7) is 0. The number of carbonyl (C=O) groups excluding carboxylic acids is 1. The van der Waals surface area contributed by atoms with Gasteiger partial charge in [-0.05, 0) is 59.0 Å². The van der Waals surface area contributed by atoms with Crippen molar-refractivity contribution in [3.8, 4) is 0 Å². The highest BCUT2D eigenvalue weighted by Crippen LogP contribution is 2.10. The fraction of sp³-hybridized carbons (Fsp3) is 0. The number of hydroxylamine groups is 1. The van der Waals surface area contributed by atoms with E-state index < -0.39 is 0 Å². The van der Waals surface area contributed by atoms with Crippen molar-refractivity contribution in [2.75, 3.05) is 5.48 Å². The normalized spacial score (nSPS) is 9.83. The summed E-state index contributed by atoms with van der Waals surface area (Å²) in [4.78, 5) is 16.5. The molecule has 2 N–H and O–H groups in total. The first-order valence-corrected chi connectivity index (χ1v) is 6.36. The average Bonchev–Trinajstić information content (AvgIpc) is 2.42. The number of benzene rings is 2. The lowest BCUT2D eigenvalue weighted by atomic mass is 10.2. The Hall–Kier alpha value is -1.60. The molecule has 2 rings (SSSR count). The van der Waals surface area contributed by atoms with Gasteiger partial charge in [0.05, 0.1) is 5.69 Å². The summed E-state index contributed by atoms with van der Waals surface area (Å²) in [5.41, 5.74) is 6.26. The maximum Gasteiger partial charge on any atom is 0.276 e. The first-order chi connectivity index (χ1) is 8.75. The van der Waals surface area contributed by atoms with Crippen LogP contribution in [0.1, 0.15) is 10.4 Å². The number of carbonyl (C=O) groups is 1. The Morgan fingerprint density at radius 2 is 1.67 bits per heavy atom. The zero-order valence-corrected chi connectivity index (χ0v) is 11.5. The molecule has 0 radical (unpaired) electrons. The van der Waals surface area contributed by atoms with Crippen LogP contribution in [-0.4, -0.2) is 5.91 Å². The molecule has 0 saturated heterocycles. The van der Waals surface area contributed by atoms with Gasteiger partial charge in [0, 0.05) is 9.13 Å². The van der Waals surface area contributed by atoms with Gasteiger partial charge < -0.3 is 0 Å². The smallest absolute Gasteiger partial charge is 0.267 e. The molecule has 0 aromatic heterocycles. The van der Waals surface area contributed by atoms with E-state index >= 15 is 0 Å². The van der Waals surface area contributed by atoms with Crippen molar-refractivity contribution in [3.63, 3.8) is 0 Å². The maximum absolute atomic E-state index is 11.6. The van der Waals surface area contributed by atoms with E-state index in [0.717, 1.165) is 9.26 Å². The number of anilines is 1. The molecule has 5 heteroatoms. The first kappa shape index (κ1) is 12.8. The highest BCUT2D eigenvalue weighted by Gasteiger charge is 2.03. The molecule has 0 spiro atoms. The highest BCUT2D eigenvalue weighted by molar-refractivity contribution is 14.1. The van der Waals surface area contributed by atoms with Crippen LogP contribution in [0.25, 0.3) is 0 Å². The third-order valence-electron chi connectivity index (χ3n) is 2.19. The predicted molar refractivity (Wildman–Crippen MR) is 77.8 cm³/mol. The lowest BCUT2D eigenvalue weighted by molar-refractivity contribution is 0.0527. The molecule has 18 heavy (non-hydrogen) atoms. The van der Waals surface area contributed by atoms with Crippen LogP contribution in [0.2, 0.25) is 0 Å². The van der Waals surface area contributed by atoms with Crippen molar-refractivity contribution in [1.29, 1.82) is 0 Å². The molecule has 2 aromatic rings. The second kappa shape index (κ2) is 6.36. The Labute approximate surface area is 118 Å². The Bertz CT molecular complexity index is 514. The van der Waals surface area contributed by atoms with Gasteiger partial charge in [-0.15, -0.1) is 0 Å². The lowest BCUT2D eigenvalue weighted by Crippen LogP contribution is -2.26. The van der Waals surface area contributed by atoms with Crippen LogP contribution in [0.5, 0.6) is 0 Å². The summed E-state index contributed by atoms with van der Waals surface area (Å²) >= 11 is 2.21. The summed E-state index contributed by atoms with van der Waals surface area (Å²) in [6, 6.07) is 16.4. The second-order valence-electron chi connectivity index (χ2n) is 3.51. The van der Waals surface area contributed by atoms with Crippen molar-refractivity contribution in [1.82, 2.24) is 5.48 Å². The van der Waals surface area contributed by atoms with Gasteiger partial charge in [0.25, 0.3) is 5.91 Å². The van der Waals surface area contributed by atoms with Gasteiger partial charge >= 0.3 is 0 Å². The summed E-state index contributed by atoms with van der Waals surface area (Å²) in [6.07, 6.45) is 0. The Balaban J connectivity index is 1.82. The number of nitrogens with one attached hydrogen (secondary N) is 2. The van der Waals surface area contributed by atoms with E-state index in [-0.39, 0.29) is 5.91 Å². The van der Waals surface area contributed by atoms with Crippen molar-refractivity contribution in [3.05, 3.63) is 63.7 Å². The number of rotatable bonds is 4. The number of hydrogen-bond donors (Lipinski definition) is 2. The van der Waals surface area contributed by atoms with Crippen LogP contribution in [0.4, 0.5) is 5.69 Å². The van der Waals surface area contributed by atoms with Gasteiger partial charge in [0.1, 0.15) is 0 Å². The largest absolute Gasteiger partial charge is 0.276 e. The molecule has 0 aliphatic carbocycles. The van der Waals surface area contributed by atoms with Crippen LogP contribution in [0.3, 0.4) is 0 Å². The molecule has 0 aliphatic heterocycles. The van der Waals surface area contributed by atoms with Gasteiger partial charge in [-0.1, -0.05) is 18.2 Å². The minimum atomic E-state index is -0.298. The molecule has 1 amide bonds. The molecule has 0 saturated carbocycles. The average molecular weight is 354 g/mol. The summed E-state index contributed by atoms with van der Waals surface area (Å²) in [5, 5.41) is 0. The molecule has 0 aliphatic rings. The molecule has 92 valence electrons. The summed E-state index contributed by atoms with van der Waals surface area (Å²) in [7, 11) is 0. The minimum absolute atomic E-state index is 0.298. The minimum Gasteiger partial charge on any atom is -0.267 e. The van der Waals surface area contributed by atoms with Crippen LogP contribution in [-0.2, 0) is 4.94 Å². The summed E-state index contributed by atoms with van der Waals surface area (Å²) < 4.78 is 1.13. The third kappa shape index (κ3) is 3.71. The zero-order valence-electron chi connectivity index (χ0n) is 9.39. The molecular weight excluding hydrogens is 343 g/mol. The van der Waals surface area contributed by atoms with Crippen LogP contribution >= 0.6 is 22.6 Å². The fourth-order valence-electron chi connectivity index (χ4n) is 1.30. The number of halogens is 1. The van der Waals surface area contributed by atoms with E-state index in [2.05, 4.69) is 33.6 Å². The van der Waals surface area contributed by atoms with Crippen molar-refractivity contribution in [2.24, 2.45) is 0 Å². The Morgan fingerprint density at radius 1 is 1.00 bits per heavy atom. The molecule has 0 heterocycles. The quantitative estimate of drug-likeness (QED) is 0.656. The van der Waals surface area contributed by atoms with Gasteiger partial charge in [-0.25, -0.2) is 11.0 Å². The van der Waals surface area contributed by atoms with Gasteiger partial charge in [-0.2, -0.15) is 4.94 Å². The van der Waals surface area contributed by atoms with Crippen LogP contribution in [0.15, 0.2) is 54.6 Å². The second-order valence-corrected chi connectivity index (χ2v) is 4.75. The lowest BCUT2D eigenvalue weighted by Gasteiger charge is -2.07. The standard InChI is InChI=1S/C13H11IN2O2/c14-11-6-8-12(9-7-11)15-18-16-13(17)10-4-2-1-3-5-10/h1-9,15H,(H,16,17). The van der Waals surface area contributed by atoms with Gasteiger partial charge in [0.2, 0.25) is 0 Å². The Kier molecular flexibility index (Phi) is 4.54. The van der Waals surface area contributed by atoms with E-state index in [9.17, 15) is 4.79 Å². The van der Waals surface area contributed by atoms with Crippen molar-refractivity contribution in [2.45, 2.75) is 0 Å². The van der Waals surface area contributed by atoms with Crippen molar-refractivity contribution < 1.29 is 9.73 Å². The molecule has 0 unspecified atom stereocenters. The van der Waals surface area contributed by atoms with Crippen molar-refractivity contribution >= 4 is 34.2 Å². The van der Waals surface area contributed by atoms with E-state index in [1.165, 1.54) is 0 Å². The third-order valence-corrected chi connectivity index (χ3v) is 2.91. The molecule has 2 aromatic carbocycles. The van der Waals surface area contributed by atoms with Crippen LogP contribution in [0, 0.1) is 3.57 Å². The number of amides is 1. The summed E-state index contributed by atoms with van der Waals surface area (Å²) in [5.74, 6) is -0.298. The van der Waals surface area contributed by atoms with Crippen LogP contribution < -0.4 is 11.0 Å². The van der Waals surface area contributed by atoms with E-state index in [4.69, 9.17) is 4.94 Å². The van der Waals surface area contributed by atoms with E-state index in [1.807, 2.05) is 30.3 Å².